The minimum absolute atomic E-state index is 0.0103. The molecule has 0 aromatic carbocycles. The van der Waals surface area contributed by atoms with Gasteiger partial charge in [-0.15, -0.1) is 0 Å². The predicted molar refractivity (Wildman–Crippen MR) is 60.0 cm³/mol. The van der Waals surface area contributed by atoms with Crippen LogP contribution in [0.1, 0.15) is 25.0 Å². The molecule has 2 atom stereocenters. The molecule has 1 aromatic rings. The fourth-order valence-electron chi connectivity index (χ4n) is 1.80. The molecule has 0 spiro atoms. The van der Waals surface area contributed by atoms with Crippen LogP contribution in [0.4, 0.5) is 0 Å². The van der Waals surface area contributed by atoms with Crippen LogP contribution in [0, 0.1) is 0 Å². The minimum atomic E-state index is 0.0103. The Bertz CT molecular complexity index is 326. The second kappa shape index (κ2) is 4.92. The zero-order valence-electron chi connectivity index (χ0n) is 8.74. The zero-order chi connectivity index (χ0) is 10.7. The van der Waals surface area contributed by atoms with Crippen LogP contribution in [0.25, 0.3) is 0 Å². The van der Waals surface area contributed by atoms with Crippen LogP contribution < -0.4 is 5.32 Å². The highest BCUT2D eigenvalue weighted by atomic mass is 35.5. The topological polar surface area (TPSA) is 34.1 Å². The summed E-state index contributed by atoms with van der Waals surface area (Å²) in [5.41, 5.74) is 0.964. The fourth-order valence-corrected chi connectivity index (χ4v) is 2.05. The molecule has 0 radical (unpaired) electrons. The van der Waals surface area contributed by atoms with Gasteiger partial charge in [-0.05, 0) is 26.0 Å². The number of hydrogen-bond acceptors (Lipinski definition) is 3. The third-order valence-corrected chi connectivity index (χ3v) is 2.99. The van der Waals surface area contributed by atoms with Gasteiger partial charge < -0.3 is 10.1 Å². The highest BCUT2D eigenvalue weighted by molar-refractivity contribution is 6.31. The summed E-state index contributed by atoms with van der Waals surface area (Å²) < 4.78 is 5.89. The van der Waals surface area contributed by atoms with E-state index in [0.29, 0.717) is 6.10 Å². The van der Waals surface area contributed by atoms with Gasteiger partial charge in [-0.25, -0.2) is 0 Å². The van der Waals surface area contributed by atoms with Crippen LogP contribution in [-0.2, 0) is 4.74 Å². The molecule has 0 saturated carbocycles. The number of nitrogens with one attached hydrogen (secondary N) is 1. The third kappa shape index (κ3) is 2.68. The van der Waals surface area contributed by atoms with Crippen molar-refractivity contribution in [1.29, 1.82) is 0 Å². The number of nitrogens with zero attached hydrogens (tertiary/aromatic N) is 1. The van der Waals surface area contributed by atoms with Gasteiger partial charge in [-0.3, -0.25) is 4.98 Å². The molecule has 0 unspecified atom stereocenters. The molecule has 2 rings (SSSR count). The molecular weight excluding hydrogens is 212 g/mol. The average Bonchev–Trinajstić information content (AvgIpc) is 2.71. The maximum Gasteiger partial charge on any atom is 0.0830 e. The van der Waals surface area contributed by atoms with E-state index in [1.807, 2.05) is 6.92 Å². The first-order valence-electron chi connectivity index (χ1n) is 5.23. The highest BCUT2D eigenvalue weighted by Crippen LogP contribution is 2.26. The van der Waals surface area contributed by atoms with E-state index in [4.69, 9.17) is 16.3 Å². The first kappa shape index (κ1) is 10.9. The summed E-state index contributed by atoms with van der Waals surface area (Å²) in [6, 6.07) is 1.80. The lowest BCUT2D eigenvalue weighted by atomic mass is 10.2. The summed E-state index contributed by atoms with van der Waals surface area (Å²) in [5, 5.41) is 4.00. The van der Waals surface area contributed by atoms with Gasteiger partial charge in [0.2, 0.25) is 0 Å². The molecule has 3 nitrogen and oxygen atoms in total. The lowest BCUT2D eigenvalue weighted by molar-refractivity contribution is 0.00817. The molecule has 0 amide bonds. The van der Waals surface area contributed by atoms with E-state index >= 15 is 0 Å². The molecule has 2 heterocycles. The number of ether oxygens (including phenoxy) is 1. The fraction of sp³-hybridized carbons (Fsp3) is 0.545. The van der Waals surface area contributed by atoms with Crippen LogP contribution in [-0.4, -0.2) is 24.2 Å². The van der Waals surface area contributed by atoms with Crippen LogP contribution in [0.5, 0.6) is 0 Å². The van der Waals surface area contributed by atoms with Crippen molar-refractivity contribution in [2.45, 2.75) is 25.6 Å². The molecular formula is C11H15ClN2O. The quantitative estimate of drug-likeness (QED) is 0.858. The third-order valence-electron chi connectivity index (χ3n) is 2.65. The van der Waals surface area contributed by atoms with Crippen LogP contribution in [0.15, 0.2) is 18.5 Å². The minimum Gasteiger partial charge on any atom is -0.369 e. The van der Waals surface area contributed by atoms with Crippen LogP contribution in [0.3, 0.4) is 0 Å². The summed E-state index contributed by atoms with van der Waals surface area (Å²) in [5.74, 6) is 0. The smallest absolute Gasteiger partial charge is 0.0830 e. The molecule has 1 fully saturated rings. The molecule has 4 heteroatoms. The zero-order valence-corrected chi connectivity index (χ0v) is 9.50. The Balaban J connectivity index is 2.00. The molecule has 15 heavy (non-hydrogen) atoms. The molecule has 1 aliphatic rings. The van der Waals surface area contributed by atoms with Crippen molar-refractivity contribution in [1.82, 2.24) is 10.3 Å². The van der Waals surface area contributed by atoms with E-state index in [0.717, 1.165) is 30.1 Å². The van der Waals surface area contributed by atoms with Gasteiger partial charge in [0.1, 0.15) is 0 Å². The lowest BCUT2D eigenvalue weighted by Gasteiger charge is -2.18. The first-order chi connectivity index (χ1) is 7.27. The highest BCUT2D eigenvalue weighted by Gasteiger charge is 2.19. The van der Waals surface area contributed by atoms with Gasteiger partial charge in [-0.1, -0.05) is 11.6 Å². The maximum atomic E-state index is 6.07. The van der Waals surface area contributed by atoms with Crippen molar-refractivity contribution >= 4 is 11.6 Å². The van der Waals surface area contributed by atoms with Crippen molar-refractivity contribution in [3.8, 4) is 0 Å². The second-order valence-corrected chi connectivity index (χ2v) is 4.20. The molecule has 0 aliphatic carbocycles. The largest absolute Gasteiger partial charge is 0.369 e. The Hall–Kier alpha value is -0.640. The van der Waals surface area contributed by atoms with E-state index in [-0.39, 0.29) is 6.10 Å². The summed E-state index contributed by atoms with van der Waals surface area (Å²) in [4.78, 5) is 4.06. The molecule has 1 aromatic heterocycles. The molecule has 1 N–H and O–H groups in total. The van der Waals surface area contributed by atoms with Crippen molar-refractivity contribution < 1.29 is 4.74 Å². The summed E-state index contributed by atoms with van der Waals surface area (Å²) in [6.45, 7) is 3.99. The van der Waals surface area contributed by atoms with E-state index in [9.17, 15) is 0 Å². The van der Waals surface area contributed by atoms with Gasteiger partial charge in [0.05, 0.1) is 12.2 Å². The first-order valence-corrected chi connectivity index (χ1v) is 5.61. The van der Waals surface area contributed by atoms with Gasteiger partial charge in [0, 0.05) is 29.5 Å². The summed E-state index contributed by atoms with van der Waals surface area (Å²) >= 11 is 6.07. The normalized spacial score (nSPS) is 22.9. The van der Waals surface area contributed by atoms with Gasteiger partial charge in [0.15, 0.2) is 0 Å². The summed E-state index contributed by atoms with van der Waals surface area (Å²) in [7, 11) is 0. The SMILES string of the molecule is C[C@@H](O[C@H]1CCNC1)c1cnccc1Cl. The predicted octanol–water partition coefficient (Wildman–Crippen LogP) is 2.17. The molecule has 1 aliphatic heterocycles. The number of aromatic nitrogens is 1. The molecule has 82 valence electrons. The van der Waals surface area contributed by atoms with E-state index < -0.39 is 0 Å². The van der Waals surface area contributed by atoms with Gasteiger partial charge in [0.25, 0.3) is 0 Å². The van der Waals surface area contributed by atoms with Crippen molar-refractivity contribution in [2.75, 3.05) is 13.1 Å². The second-order valence-electron chi connectivity index (χ2n) is 3.79. The van der Waals surface area contributed by atoms with Crippen molar-refractivity contribution in [2.24, 2.45) is 0 Å². The van der Waals surface area contributed by atoms with Crippen molar-refractivity contribution in [3.63, 3.8) is 0 Å². The van der Waals surface area contributed by atoms with Crippen LogP contribution >= 0.6 is 11.6 Å². The van der Waals surface area contributed by atoms with Crippen molar-refractivity contribution in [3.05, 3.63) is 29.0 Å². The Morgan fingerprint density at radius 2 is 2.53 bits per heavy atom. The number of rotatable bonds is 3. The van der Waals surface area contributed by atoms with E-state index in [1.54, 1.807) is 18.5 Å². The number of halogens is 1. The Morgan fingerprint density at radius 1 is 1.67 bits per heavy atom. The standard InChI is InChI=1S/C11H15ClN2O/c1-8(15-9-2-4-13-6-9)10-7-14-5-3-11(10)12/h3,5,7-9,13H,2,4,6H2,1H3/t8-,9+/m1/s1. The lowest BCUT2D eigenvalue weighted by Crippen LogP contribution is -2.18. The maximum absolute atomic E-state index is 6.07. The Labute approximate surface area is 94.8 Å². The average molecular weight is 227 g/mol. The van der Waals surface area contributed by atoms with E-state index in [2.05, 4.69) is 10.3 Å². The molecule has 0 bridgehead atoms. The molecule has 1 saturated heterocycles. The Kier molecular flexibility index (Phi) is 3.57. The van der Waals surface area contributed by atoms with E-state index in [1.165, 1.54) is 0 Å². The van der Waals surface area contributed by atoms with Crippen LogP contribution in [0.2, 0.25) is 5.02 Å². The monoisotopic (exact) mass is 226 g/mol. The van der Waals surface area contributed by atoms with Gasteiger partial charge in [-0.2, -0.15) is 0 Å². The number of hydrogen-bond donors (Lipinski definition) is 1. The van der Waals surface area contributed by atoms with Gasteiger partial charge >= 0.3 is 0 Å². The summed E-state index contributed by atoms with van der Waals surface area (Å²) in [6.07, 6.45) is 4.85. The number of pyridine rings is 1. The Morgan fingerprint density at radius 3 is 3.20 bits per heavy atom.